The lowest BCUT2D eigenvalue weighted by molar-refractivity contribution is -0.139. The number of hydrogen-bond acceptors (Lipinski definition) is 3. The lowest BCUT2D eigenvalue weighted by Crippen LogP contribution is -2.40. The number of methoxy groups -OCH3 is 1. The first-order valence-electron chi connectivity index (χ1n) is 7.52. The second kappa shape index (κ2) is 8.93. The quantitative estimate of drug-likeness (QED) is 0.789. The van der Waals surface area contributed by atoms with Gasteiger partial charge in [0.1, 0.15) is 5.75 Å². The van der Waals surface area contributed by atoms with Gasteiger partial charge in [0.25, 0.3) is 0 Å². The molecular weight excluding hydrogens is 328 g/mol. The molecule has 0 fully saturated rings. The lowest BCUT2D eigenvalue weighted by atomic mass is 10.1. The molecule has 0 saturated heterocycles. The first-order valence-corrected chi connectivity index (χ1v) is 7.89. The van der Waals surface area contributed by atoms with Crippen LogP contribution >= 0.6 is 11.6 Å². The van der Waals surface area contributed by atoms with Crippen LogP contribution in [0.5, 0.6) is 5.75 Å². The number of ether oxygens (including phenoxy) is 1. The number of halogens is 1. The lowest BCUT2D eigenvalue weighted by Gasteiger charge is -2.07. The first-order chi connectivity index (χ1) is 11.6. The summed E-state index contributed by atoms with van der Waals surface area (Å²) in [7, 11) is 1.61. The van der Waals surface area contributed by atoms with E-state index in [1.165, 1.54) is 0 Å². The van der Waals surface area contributed by atoms with Gasteiger partial charge < -0.3 is 15.4 Å². The zero-order chi connectivity index (χ0) is 17.4. The molecule has 0 aromatic heterocycles. The third kappa shape index (κ3) is 5.59. The minimum Gasteiger partial charge on any atom is -0.497 e. The molecule has 0 bridgehead atoms. The highest BCUT2D eigenvalue weighted by molar-refractivity contribution is 6.35. The van der Waals surface area contributed by atoms with E-state index in [0.29, 0.717) is 18.0 Å². The van der Waals surface area contributed by atoms with Crippen molar-refractivity contribution in [1.29, 1.82) is 0 Å². The van der Waals surface area contributed by atoms with Gasteiger partial charge in [-0.15, -0.1) is 0 Å². The maximum Gasteiger partial charge on any atom is 0.309 e. The Morgan fingerprint density at radius 3 is 2.12 bits per heavy atom. The molecule has 0 radical (unpaired) electrons. The van der Waals surface area contributed by atoms with Crippen LogP contribution in [0.15, 0.2) is 48.5 Å². The molecule has 2 aromatic rings. The molecule has 0 spiro atoms. The molecule has 0 atom stereocenters. The maximum atomic E-state index is 11.7. The molecular formula is C18H19ClN2O3. The van der Waals surface area contributed by atoms with Gasteiger partial charge in [-0.25, -0.2) is 0 Å². The topological polar surface area (TPSA) is 67.4 Å². The number of benzene rings is 2. The van der Waals surface area contributed by atoms with Crippen LogP contribution in [-0.4, -0.2) is 25.5 Å². The van der Waals surface area contributed by atoms with E-state index in [-0.39, 0.29) is 6.54 Å². The SMILES string of the molecule is COc1ccc(CCNC(=O)C(=O)NCc2ccc(Cl)cc2)cc1. The van der Waals surface area contributed by atoms with E-state index in [0.717, 1.165) is 16.9 Å². The number of nitrogens with one attached hydrogen (secondary N) is 2. The Kier molecular flexibility index (Phi) is 6.63. The van der Waals surface area contributed by atoms with E-state index in [1.54, 1.807) is 31.4 Å². The third-order valence-electron chi connectivity index (χ3n) is 3.43. The number of rotatable bonds is 6. The van der Waals surface area contributed by atoms with E-state index in [2.05, 4.69) is 10.6 Å². The van der Waals surface area contributed by atoms with Crippen LogP contribution in [0.4, 0.5) is 0 Å². The summed E-state index contributed by atoms with van der Waals surface area (Å²) < 4.78 is 5.08. The van der Waals surface area contributed by atoms with Crippen molar-refractivity contribution in [2.45, 2.75) is 13.0 Å². The van der Waals surface area contributed by atoms with Crippen molar-refractivity contribution in [3.05, 3.63) is 64.7 Å². The monoisotopic (exact) mass is 346 g/mol. The van der Waals surface area contributed by atoms with Gasteiger partial charge in [0, 0.05) is 18.1 Å². The zero-order valence-corrected chi connectivity index (χ0v) is 14.1. The van der Waals surface area contributed by atoms with Gasteiger partial charge in [-0.1, -0.05) is 35.9 Å². The summed E-state index contributed by atoms with van der Waals surface area (Å²) in [5, 5.41) is 5.80. The summed E-state index contributed by atoms with van der Waals surface area (Å²) in [6, 6.07) is 14.6. The van der Waals surface area contributed by atoms with Crippen LogP contribution < -0.4 is 15.4 Å². The summed E-state index contributed by atoms with van der Waals surface area (Å²) in [5.74, 6) is -0.512. The first kappa shape index (κ1) is 17.8. The van der Waals surface area contributed by atoms with Gasteiger partial charge in [0.15, 0.2) is 0 Å². The normalized spacial score (nSPS) is 10.1. The Hall–Kier alpha value is -2.53. The largest absolute Gasteiger partial charge is 0.497 e. The van der Waals surface area contributed by atoms with Crippen LogP contribution in [-0.2, 0) is 22.6 Å². The summed E-state index contributed by atoms with van der Waals surface area (Å²) in [6.45, 7) is 0.668. The molecule has 24 heavy (non-hydrogen) atoms. The highest BCUT2D eigenvalue weighted by atomic mass is 35.5. The average Bonchev–Trinajstić information content (AvgIpc) is 2.61. The minimum atomic E-state index is -0.653. The molecule has 0 unspecified atom stereocenters. The standard InChI is InChI=1S/C18H19ClN2O3/c1-24-16-8-4-13(5-9-16)10-11-20-17(22)18(23)21-12-14-2-6-15(19)7-3-14/h2-9H,10-12H2,1H3,(H,20,22)(H,21,23). The third-order valence-corrected chi connectivity index (χ3v) is 3.68. The smallest absolute Gasteiger partial charge is 0.309 e. The van der Waals surface area contributed by atoms with E-state index < -0.39 is 11.8 Å². The van der Waals surface area contributed by atoms with Crippen molar-refractivity contribution in [3.8, 4) is 5.75 Å². The molecule has 5 nitrogen and oxygen atoms in total. The predicted octanol–water partition coefficient (Wildman–Crippen LogP) is 2.32. The molecule has 2 rings (SSSR count). The van der Waals surface area contributed by atoms with Crippen molar-refractivity contribution >= 4 is 23.4 Å². The van der Waals surface area contributed by atoms with Crippen LogP contribution in [0.1, 0.15) is 11.1 Å². The van der Waals surface area contributed by atoms with Crippen LogP contribution in [0.3, 0.4) is 0 Å². The van der Waals surface area contributed by atoms with Gasteiger partial charge >= 0.3 is 11.8 Å². The van der Waals surface area contributed by atoms with Gasteiger partial charge in [-0.05, 0) is 41.8 Å². The van der Waals surface area contributed by atoms with E-state index >= 15 is 0 Å². The van der Waals surface area contributed by atoms with Crippen LogP contribution in [0.25, 0.3) is 0 Å². The average molecular weight is 347 g/mol. The Morgan fingerprint density at radius 1 is 0.917 bits per heavy atom. The molecule has 2 aromatic carbocycles. The fourth-order valence-electron chi connectivity index (χ4n) is 2.06. The minimum absolute atomic E-state index is 0.280. The van der Waals surface area contributed by atoms with E-state index in [4.69, 9.17) is 16.3 Å². The fraction of sp³-hybridized carbons (Fsp3) is 0.222. The van der Waals surface area contributed by atoms with E-state index in [9.17, 15) is 9.59 Å². The van der Waals surface area contributed by atoms with Gasteiger partial charge in [0.2, 0.25) is 0 Å². The maximum absolute atomic E-state index is 11.7. The molecule has 0 aliphatic heterocycles. The molecule has 2 amide bonds. The second-order valence-electron chi connectivity index (χ2n) is 5.16. The van der Waals surface area contributed by atoms with Gasteiger partial charge in [-0.2, -0.15) is 0 Å². The van der Waals surface area contributed by atoms with Crippen molar-refractivity contribution in [2.75, 3.05) is 13.7 Å². The second-order valence-corrected chi connectivity index (χ2v) is 5.60. The molecule has 0 aliphatic rings. The number of carbonyl (C=O) groups is 2. The predicted molar refractivity (Wildman–Crippen MR) is 93.0 cm³/mol. The highest BCUT2D eigenvalue weighted by Crippen LogP contribution is 2.11. The number of carbonyl (C=O) groups excluding carboxylic acids is 2. The van der Waals surface area contributed by atoms with Crippen molar-refractivity contribution in [3.63, 3.8) is 0 Å². The van der Waals surface area contributed by atoms with Gasteiger partial charge in [-0.3, -0.25) is 9.59 Å². The molecule has 126 valence electrons. The Bertz CT molecular complexity index is 684. The van der Waals surface area contributed by atoms with Crippen LogP contribution in [0.2, 0.25) is 5.02 Å². The van der Waals surface area contributed by atoms with Gasteiger partial charge in [0.05, 0.1) is 7.11 Å². The summed E-state index contributed by atoms with van der Waals surface area (Å²) in [6.07, 6.45) is 0.639. The van der Waals surface area contributed by atoms with Crippen molar-refractivity contribution in [1.82, 2.24) is 10.6 Å². The van der Waals surface area contributed by atoms with E-state index in [1.807, 2.05) is 24.3 Å². The Morgan fingerprint density at radius 2 is 1.50 bits per heavy atom. The number of amides is 2. The number of hydrogen-bond donors (Lipinski definition) is 2. The molecule has 0 saturated carbocycles. The Labute approximate surface area is 146 Å². The summed E-state index contributed by atoms with van der Waals surface area (Å²) in [4.78, 5) is 23.5. The van der Waals surface area contributed by atoms with Crippen molar-refractivity contribution in [2.24, 2.45) is 0 Å². The highest BCUT2D eigenvalue weighted by Gasteiger charge is 2.12. The molecule has 0 aliphatic carbocycles. The Balaban J connectivity index is 1.71. The zero-order valence-electron chi connectivity index (χ0n) is 13.3. The van der Waals surface area contributed by atoms with Crippen molar-refractivity contribution < 1.29 is 14.3 Å². The molecule has 2 N–H and O–H groups in total. The molecule has 0 heterocycles. The summed E-state index contributed by atoms with van der Waals surface area (Å²) >= 11 is 5.79. The molecule has 6 heteroatoms. The summed E-state index contributed by atoms with van der Waals surface area (Å²) in [5.41, 5.74) is 1.93. The van der Waals surface area contributed by atoms with Crippen LogP contribution in [0, 0.1) is 0 Å². The fourth-order valence-corrected chi connectivity index (χ4v) is 2.18.